The zero-order chi connectivity index (χ0) is 13.5. The highest BCUT2D eigenvalue weighted by atomic mass is 16.2. The molecule has 0 saturated carbocycles. The second-order valence-electron chi connectivity index (χ2n) is 6.10. The predicted octanol–water partition coefficient (Wildman–Crippen LogP) is 2.83. The van der Waals surface area contributed by atoms with Gasteiger partial charge in [0, 0.05) is 6.04 Å². The molecule has 0 radical (unpaired) electrons. The van der Waals surface area contributed by atoms with Crippen LogP contribution in [0.4, 0.5) is 0 Å². The standard InChI is InChI=1S/C14H30N2O/c1-6-7-8-9-10-11(2)16-13(17)12(15)14(3,4)5/h11-12H,6-10,15H2,1-5H3,(H,16,17). The third-order valence-corrected chi connectivity index (χ3v) is 3.09. The molecule has 1 amide bonds. The fourth-order valence-corrected chi connectivity index (χ4v) is 1.68. The van der Waals surface area contributed by atoms with Gasteiger partial charge in [-0.2, -0.15) is 0 Å². The Hall–Kier alpha value is -0.570. The summed E-state index contributed by atoms with van der Waals surface area (Å²) in [6.45, 7) is 10.2. The minimum atomic E-state index is -0.430. The van der Waals surface area contributed by atoms with Crippen molar-refractivity contribution >= 4 is 5.91 Å². The lowest BCUT2D eigenvalue weighted by Crippen LogP contribution is -2.50. The Morgan fingerprint density at radius 1 is 1.24 bits per heavy atom. The van der Waals surface area contributed by atoms with Crippen molar-refractivity contribution in [3.05, 3.63) is 0 Å². The average Bonchev–Trinajstić information content (AvgIpc) is 2.22. The quantitative estimate of drug-likeness (QED) is 0.674. The third-order valence-electron chi connectivity index (χ3n) is 3.09. The van der Waals surface area contributed by atoms with E-state index in [1.54, 1.807) is 0 Å². The summed E-state index contributed by atoms with van der Waals surface area (Å²) in [5.74, 6) is -0.0273. The summed E-state index contributed by atoms with van der Waals surface area (Å²) < 4.78 is 0. The molecule has 0 rings (SSSR count). The lowest BCUT2D eigenvalue weighted by Gasteiger charge is -2.27. The topological polar surface area (TPSA) is 55.1 Å². The van der Waals surface area contributed by atoms with E-state index in [-0.39, 0.29) is 17.4 Å². The SMILES string of the molecule is CCCCCCC(C)NC(=O)C(N)C(C)(C)C. The third kappa shape index (κ3) is 7.37. The van der Waals surface area contributed by atoms with E-state index >= 15 is 0 Å². The lowest BCUT2D eigenvalue weighted by atomic mass is 9.87. The molecule has 0 aromatic carbocycles. The van der Waals surface area contributed by atoms with Crippen LogP contribution in [0, 0.1) is 5.41 Å². The van der Waals surface area contributed by atoms with Crippen molar-refractivity contribution in [2.75, 3.05) is 0 Å². The molecule has 0 bridgehead atoms. The number of carbonyl (C=O) groups excluding carboxylic acids is 1. The van der Waals surface area contributed by atoms with E-state index < -0.39 is 6.04 Å². The number of nitrogens with one attached hydrogen (secondary N) is 1. The van der Waals surface area contributed by atoms with Crippen LogP contribution in [0.15, 0.2) is 0 Å². The minimum Gasteiger partial charge on any atom is -0.352 e. The van der Waals surface area contributed by atoms with Gasteiger partial charge < -0.3 is 11.1 Å². The molecule has 0 heterocycles. The van der Waals surface area contributed by atoms with Gasteiger partial charge in [-0.1, -0.05) is 53.4 Å². The summed E-state index contributed by atoms with van der Waals surface area (Å²) in [6, 6.07) is -0.201. The molecule has 2 atom stereocenters. The van der Waals surface area contributed by atoms with Gasteiger partial charge in [-0.3, -0.25) is 4.79 Å². The number of carbonyl (C=O) groups is 1. The van der Waals surface area contributed by atoms with E-state index in [1.807, 2.05) is 20.8 Å². The lowest BCUT2D eigenvalue weighted by molar-refractivity contribution is -0.125. The van der Waals surface area contributed by atoms with Gasteiger partial charge in [-0.15, -0.1) is 0 Å². The molecule has 17 heavy (non-hydrogen) atoms. The molecular weight excluding hydrogens is 212 g/mol. The van der Waals surface area contributed by atoms with Crippen molar-refractivity contribution in [2.24, 2.45) is 11.1 Å². The van der Waals surface area contributed by atoms with Crippen molar-refractivity contribution in [2.45, 2.75) is 78.8 Å². The number of hydrogen-bond acceptors (Lipinski definition) is 2. The van der Waals surface area contributed by atoms with E-state index in [2.05, 4.69) is 19.2 Å². The monoisotopic (exact) mass is 242 g/mol. The van der Waals surface area contributed by atoms with Crippen LogP contribution in [0.3, 0.4) is 0 Å². The van der Waals surface area contributed by atoms with Gasteiger partial charge in [-0.25, -0.2) is 0 Å². The van der Waals surface area contributed by atoms with Crippen molar-refractivity contribution < 1.29 is 4.79 Å². The van der Waals surface area contributed by atoms with Crippen LogP contribution in [-0.2, 0) is 4.79 Å². The highest BCUT2D eigenvalue weighted by molar-refractivity contribution is 5.82. The van der Waals surface area contributed by atoms with Crippen LogP contribution < -0.4 is 11.1 Å². The van der Waals surface area contributed by atoms with E-state index in [0.29, 0.717) is 0 Å². The van der Waals surface area contributed by atoms with Gasteiger partial charge in [0.1, 0.15) is 0 Å². The summed E-state index contributed by atoms with van der Waals surface area (Å²) in [4.78, 5) is 11.9. The Morgan fingerprint density at radius 2 is 1.82 bits per heavy atom. The van der Waals surface area contributed by atoms with Crippen LogP contribution in [0.5, 0.6) is 0 Å². The van der Waals surface area contributed by atoms with Gasteiger partial charge in [0.05, 0.1) is 6.04 Å². The molecule has 3 heteroatoms. The molecule has 0 spiro atoms. The van der Waals surface area contributed by atoms with Crippen LogP contribution in [0.2, 0.25) is 0 Å². The van der Waals surface area contributed by atoms with Gasteiger partial charge in [0.25, 0.3) is 0 Å². The molecule has 3 nitrogen and oxygen atoms in total. The largest absolute Gasteiger partial charge is 0.352 e. The summed E-state index contributed by atoms with van der Waals surface area (Å²) in [7, 11) is 0. The van der Waals surface area contributed by atoms with Crippen LogP contribution in [-0.4, -0.2) is 18.0 Å². The summed E-state index contributed by atoms with van der Waals surface area (Å²) in [5.41, 5.74) is 5.73. The van der Waals surface area contributed by atoms with E-state index in [9.17, 15) is 4.79 Å². The van der Waals surface area contributed by atoms with Crippen LogP contribution in [0.1, 0.15) is 66.7 Å². The second-order valence-corrected chi connectivity index (χ2v) is 6.10. The van der Waals surface area contributed by atoms with E-state index in [1.165, 1.54) is 25.7 Å². The first-order valence-electron chi connectivity index (χ1n) is 6.85. The summed E-state index contributed by atoms with van der Waals surface area (Å²) >= 11 is 0. The Labute approximate surface area is 107 Å². The zero-order valence-electron chi connectivity index (χ0n) is 12.2. The first kappa shape index (κ1) is 16.4. The van der Waals surface area contributed by atoms with Gasteiger partial charge in [0.2, 0.25) is 5.91 Å². The fourth-order valence-electron chi connectivity index (χ4n) is 1.68. The van der Waals surface area contributed by atoms with Gasteiger partial charge >= 0.3 is 0 Å². The average molecular weight is 242 g/mol. The number of unbranched alkanes of at least 4 members (excludes halogenated alkanes) is 3. The number of hydrogen-bond donors (Lipinski definition) is 2. The Bertz CT molecular complexity index is 221. The van der Waals surface area contributed by atoms with Crippen LogP contribution in [0.25, 0.3) is 0 Å². The summed E-state index contributed by atoms with van der Waals surface area (Å²) in [5, 5.41) is 3.00. The minimum absolute atomic E-state index is 0.0273. The molecule has 0 aliphatic rings. The molecule has 102 valence electrons. The molecule has 0 fully saturated rings. The molecule has 3 N–H and O–H groups in total. The highest BCUT2D eigenvalue weighted by Crippen LogP contribution is 2.17. The molecule has 0 aromatic heterocycles. The second kappa shape index (κ2) is 7.70. The molecule has 0 aliphatic heterocycles. The molecule has 0 aliphatic carbocycles. The zero-order valence-corrected chi connectivity index (χ0v) is 12.2. The number of amides is 1. The fraction of sp³-hybridized carbons (Fsp3) is 0.929. The first-order valence-corrected chi connectivity index (χ1v) is 6.85. The maximum atomic E-state index is 11.9. The smallest absolute Gasteiger partial charge is 0.237 e. The van der Waals surface area contributed by atoms with Crippen LogP contribution >= 0.6 is 0 Å². The molecule has 2 unspecified atom stereocenters. The van der Waals surface area contributed by atoms with Crippen molar-refractivity contribution in [1.29, 1.82) is 0 Å². The molecule has 0 saturated heterocycles. The Balaban J connectivity index is 3.88. The molecular formula is C14H30N2O. The number of nitrogens with two attached hydrogens (primary N) is 1. The Morgan fingerprint density at radius 3 is 2.29 bits per heavy atom. The van der Waals surface area contributed by atoms with Crippen molar-refractivity contribution in [3.8, 4) is 0 Å². The maximum absolute atomic E-state index is 11.9. The highest BCUT2D eigenvalue weighted by Gasteiger charge is 2.27. The maximum Gasteiger partial charge on any atom is 0.237 e. The predicted molar refractivity (Wildman–Crippen MR) is 73.8 cm³/mol. The summed E-state index contributed by atoms with van der Waals surface area (Å²) in [6.07, 6.45) is 6.00. The molecule has 0 aromatic rings. The van der Waals surface area contributed by atoms with Gasteiger partial charge in [-0.05, 0) is 18.8 Å². The van der Waals surface area contributed by atoms with Crippen molar-refractivity contribution in [3.63, 3.8) is 0 Å². The normalized spacial score (nSPS) is 15.4. The van der Waals surface area contributed by atoms with E-state index in [0.717, 1.165) is 6.42 Å². The first-order chi connectivity index (χ1) is 7.79. The Kier molecular flexibility index (Phi) is 7.44. The van der Waals surface area contributed by atoms with Gasteiger partial charge in [0.15, 0.2) is 0 Å². The van der Waals surface area contributed by atoms with Crippen molar-refractivity contribution in [1.82, 2.24) is 5.32 Å². The number of rotatable bonds is 7. The van der Waals surface area contributed by atoms with E-state index in [4.69, 9.17) is 5.73 Å².